The van der Waals surface area contributed by atoms with Crippen LogP contribution in [0.5, 0.6) is 0 Å². The number of rotatable bonds is 6. The molecular weight excluding hydrogens is 258 g/mol. The highest BCUT2D eigenvalue weighted by atomic mass is 28.3. The van der Waals surface area contributed by atoms with E-state index in [4.69, 9.17) is 0 Å². The average molecular weight is 279 g/mol. The van der Waals surface area contributed by atoms with Crippen molar-refractivity contribution < 1.29 is 10.0 Å². The van der Waals surface area contributed by atoms with Gasteiger partial charge in [0, 0.05) is 26.1 Å². The molecule has 0 saturated carbocycles. The van der Waals surface area contributed by atoms with Crippen LogP contribution in [0.4, 0.5) is 5.69 Å². The van der Waals surface area contributed by atoms with Crippen LogP contribution in [0.1, 0.15) is 11.7 Å². The Hall–Kier alpha value is -1.46. The lowest BCUT2D eigenvalue weighted by molar-refractivity contribution is -0.384. The molecule has 0 unspecified atom stereocenters. The summed E-state index contributed by atoms with van der Waals surface area (Å²) in [6.45, 7) is 10.5. The zero-order chi connectivity index (χ0) is 14.6. The molecular formula is C14H21NO3Si. The SMILES string of the molecule is C=C[C@@H](C[Si](C)(C)C)[C@H](O)c1ccc([N+](=O)[O-])cc1. The number of hydrogen-bond acceptors (Lipinski definition) is 3. The van der Waals surface area contributed by atoms with Gasteiger partial charge in [-0.3, -0.25) is 10.1 Å². The maximum atomic E-state index is 10.6. The Morgan fingerprint density at radius 2 is 1.89 bits per heavy atom. The first-order valence-electron chi connectivity index (χ1n) is 6.29. The van der Waals surface area contributed by atoms with E-state index in [0.717, 1.165) is 6.04 Å². The molecule has 0 amide bonds. The first kappa shape index (κ1) is 15.6. The van der Waals surface area contributed by atoms with Crippen molar-refractivity contribution in [1.82, 2.24) is 0 Å². The molecule has 5 heteroatoms. The summed E-state index contributed by atoms with van der Waals surface area (Å²) in [6.07, 6.45) is 1.13. The maximum Gasteiger partial charge on any atom is 0.269 e. The minimum atomic E-state index is -1.31. The number of aliphatic hydroxyl groups excluding tert-OH is 1. The van der Waals surface area contributed by atoms with Gasteiger partial charge < -0.3 is 5.11 Å². The Balaban J connectivity index is 2.88. The standard InChI is InChI=1S/C14H21NO3Si/c1-5-11(10-19(2,3)4)14(16)12-6-8-13(9-7-12)15(17)18/h5-9,11,14,16H,1,10H2,2-4H3/t11-,14-/m0/s1. The van der Waals surface area contributed by atoms with E-state index in [1.807, 2.05) is 0 Å². The molecule has 0 aliphatic rings. The summed E-state index contributed by atoms with van der Waals surface area (Å²) < 4.78 is 0. The number of nitro groups is 1. The van der Waals surface area contributed by atoms with Gasteiger partial charge in [0.2, 0.25) is 0 Å². The third kappa shape index (κ3) is 4.61. The van der Waals surface area contributed by atoms with Crippen LogP contribution in [0.2, 0.25) is 25.7 Å². The molecule has 0 saturated heterocycles. The molecule has 1 aromatic rings. The van der Waals surface area contributed by atoms with E-state index in [1.54, 1.807) is 18.2 Å². The van der Waals surface area contributed by atoms with Crippen molar-refractivity contribution in [2.45, 2.75) is 31.8 Å². The van der Waals surface area contributed by atoms with Gasteiger partial charge >= 0.3 is 0 Å². The highest BCUT2D eigenvalue weighted by molar-refractivity contribution is 6.76. The molecule has 19 heavy (non-hydrogen) atoms. The highest BCUT2D eigenvalue weighted by Gasteiger charge is 2.25. The summed E-state index contributed by atoms with van der Waals surface area (Å²) in [7, 11) is -1.31. The molecule has 0 bridgehead atoms. The van der Waals surface area contributed by atoms with Gasteiger partial charge in [-0.15, -0.1) is 6.58 Å². The van der Waals surface area contributed by atoms with Crippen molar-refractivity contribution in [3.05, 3.63) is 52.6 Å². The third-order valence-electron chi connectivity index (χ3n) is 3.00. The van der Waals surface area contributed by atoms with Crippen molar-refractivity contribution in [1.29, 1.82) is 0 Å². The Labute approximate surface area is 114 Å². The fourth-order valence-corrected chi connectivity index (χ4v) is 3.88. The molecule has 4 nitrogen and oxygen atoms in total. The summed E-state index contributed by atoms with van der Waals surface area (Å²) in [6, 6.07) is 7.02. The Bertz CT molecular complexity index is 451. The number of nitrogens with zero attached hydrogens (tertiary/aromatic N) is 1. The van der Waals surface area contributed by atoms with E-state index < -0.39 is 19.1 Å². The van der Waals surface area contributed by atoms with Gasteiger partial charge in [-0.25, -0.2) is 0 Å². The quantitative estimate of drug-likeness (QED) is 0.373. The van der Waals surface area contributed by atoms with E-state index in [1.165, 1.54) is 12.1 Å². The highest BCUT2D eigenvalue weighted by Crippen LogP contribution is 2.31. The average Bonchev–Trinajstić information content (AvgIpc) is 2.34. The van der Waals surface area contributed by atoms with Crippen LogP contribution in [0.25, 0.3) is 0 Å². The first-order valence-corrected chi connectivity index (χ1v) is 10.0. The molecule has 0 aromatic heterocycles. The smallest absolute Gasteiger partial charge is 0.269 e. The van der Waals surface area contributed by atoms with Crippen molar-refractivity contribution >= 4 is 13.8 Å². The second-order valence-corrected chi connectivity index (χ2v) is 11.5. The van der Waals surface area contributed by atoms with Crippen molar-refractivity contribution in [3.63, 3.8) is 0 Å². The second-order valence-electron chi connectivity index (χ2n) is 5.96. The molecule has 0 aliphatic carbocycles. The maximum absolute atomic E-state index is 10.6. The van der Waals surface area contributed by atoms with Crippen LogP contribution < -0.4 is 0 Å². The zero-order valence-corrected chi connectivity index (χ0v) is 12.7. The summed E-state index contributed by atoms with van der Waals surface area (Å²) in [5.41, 5.74) is 0.741. The molecule has 104 valence electrons. The number of non-ortho nitro benzene ring substituents is 1. The molecule has 0 radical (unpaired) electrons. The summed E-state index contributed by atoms with van der Waals surface area (Å²) in [5, 5.41) is 20.9. The predicted molar refractivity (Wildman–Crippen MR) is 79.9 cm³/mol. The topological polar surface area (TPSA) is 63.4 Å². The molecule has 0 fully saturated rings. The Morgan fingerprint density at radius 3 is 2.26 bits per heavy atom. The minimum Gasteiger partial charge on any atom is -0.388 e. The minimum absolute atomic E-state index is 0.00637. The number of benzene rings is 1. The lowest BCUT2D eigenvalue weighted by atomic mass is 9.97. The van der Waals surface area contributed by atoms with E-state index >= 15 is 0 Å². The Morgan fingerprint density at radius 1 is 1.37 bits per heavy atom. The number of nitro benzene ring substituents is 1. The lowest BCUT2D eigenvalue weighted by Gasteiger charge is -2.26. The monoisotopic (exact) mass is 279 g/mol. The normalized spacial score (nSPS) is 14.7. The van der Waals surface area contributed by atoms with Crippen LogP contribution in [0.3, 0.4) is 0 Å². The third-order valence-corrected chi connectivity index (χ3v) is 4.70. The molecule has 1 N–H and O–H groups in total. The van der Waals surface area contributed by atoms with Gasteiger partial charge in [0.15, 0.2) is 0 Å². The van der Waals surface area contributed by atoms with Crippen LogP contribution in [0, 0.1) is 16.0 Å². The molecule has 1 aromatic carbocycles. The van der Waals surface area contributed by atoms with Crippen LogP contribution >= 0.6 is 0 Å². The molecule has 1 rings (SSSR count). The van der Waals surface area contributed by atoms with Crippen LogP contribution in [-0.2, 0) is 0 Å². The van der Waals surface area contributed by atoms with Crippen LogP contribution in [-0.4, -0.2) is 18.1 Å². The van der Waals surface area contributed by atoms with Gasteiger partial charge in [-0.2, -0.15) is 0 Å². The van der Waals surface area contributed by atoms with Gasteiger partial charge in [-0.1, -0.05) is 25.7 Å². The van der Waals surface area contributed by atoms with E-state index in [0.29, 0.717) is 5.56 Å². The molecule has 0 aliphatic heterocycles. The van der Waals surface area contributed by atoms with Crippen molar-refractivity contribution in [2.75, 3.05) is 0 Å². The van der Waals surface area contributed by atoms with Crippen molar-refractivity contribution in [3.8, 4) is 0 Å². The van der Waals surface area contributed by atoms with Crippen LogP contribution in [0.15, 0.2) is 36.9 Å². The fourth-order valence-electron chi connectivity index (χ4n) is 2.07. The van der Waals surface area contributed by atoms with Crippen molar-refractivity contribution in [2.24, 2.45) is 5.92 Å². The predicted octanol–water partition coefficient (Wildman–Crippen LogP) is 3.77. The van der Waals surface area contributed by atoms with Gasteiger partial charge in [-0.05, 0) is 23.7 Å². The van der Waals surface area contributed by atoms with E-state index in [2.05, 4.69) is 26.2 Å². The molecule has 0 spiro atoms. The summed E-state index contributed by atoms with van der Waals surface area (Å²) >= 11 is 0. The summed E-state index contributed by atoms with van der Waals surface area (Å²) in [4.78, 5) is 10.2. The molecule has 2 atom stereocenters. The number of aliphatic hydroxyl groups is 1. The van der Waals surface area contributed by atoms with Gasteiger partial charge in [0.25, 0.3) is 5.69 Å². The Kier molecular flexibility index (Phi) is 5.02. The first-order chi connectivity index (χ1) is 8.74. The van der Waals surface area contributed by atoms with Gasteiger partial charge in [0.1, 0.15) is 0 Å². The number of hydrogen-bond donors (Lipinski definition) is 1. The van der Waals surface area contributed by atoms with Gasteiger partial charge in [0.05, 0.1) is 11.0 Å². The largest absolute Gasteiger partial charge is 0.388 e. The molecule has 0 heterocycles. The van der Waals surface area contributed by atoms with E-state index in [9.17, 15) is 15.2 Å². The zero-order valence-electron chi connectivity index (χ0n) is 11.7. The fraction of sp³-hybridized carbons (Fsp3) is 0.429. The second kappa shape index (κ2) is 6.12. The van der Waals surface area contributed by atoms with E-state index in [-0.39, 0.29) is 11.6 Å². The summed E-state index contributed by atoms with van der Waals surface area (Å²) in [5.74, 6) is -0.00637. The lowest BCUT2D eigenvalue weighted by Crippen LogP contribution is -2.26.